The molecule has 0 unspecified atom stereocenters. The molecule has 1 heterocycles. The highest BCUT2D eigenvalue weighted by Gasteiger charge is 2.30. The first-order valence-corrected chi connectivity index (χ1v) is 9.62. The van der Waals surface area contributed by atoms with E-state index in [1.165, 1.54) is 6.07 Å². The summed E-state index contributed by atoms with van der Waals surface area (Å²) in [6.07, 6.45) is -4.42. The molecule has 0 radical (unpaired) electrons. The van der Waals surface area contributed by atoms with E-state index in [9.17, 15) is 13.2 Å². The van der Waals surface area contributed by atoms with E-state index in [0.717, 1.165) is 45.3 Å². The maximum atomic E-state index is 13.1. The number of alkyl halides is 3. The maximum absolute atomic E-state index is 13.1. The fourth-order valence-corrected chi connectivity index (χ4v) is 3.38. The highest BCUT2D eigenvalue weighted by atomic mass is 19.4. The number of methoxy groups -OCH3 is 1. The van der Waals surface area contributed by atoms with E-state index < -0.39 is 11.7 Å². The van der Waals surface area contributed by atoms with Gasteiger partial charge in [0, 0.05) is 22.0 Å². The van der Waals surface area contributed by atoms with Gasteiger partial charge < -0.3 is 10.1 Å². The third-order valence-electron chi connectivity index (χ3n) is 5.21. The van der Waals surface area contributed by atoms with Crippen LogP contribution in [0.3, 0.4) is 0 Å². The summed E-state index contributed by atoms with van der Waals surface area (Å²) in [5.41, 5.74) is 3.26. The van der Waals surface area contributed by atoms with Crippen molar-refractivity contribution in [2.24, 2.45) is 0 Å². The lowest BCUT2D eigenvalue weighted by molar-refractivity contribution is -0.137. The Morgan fingerprint density at radius 1 is 0.839 bits per heavy atom. The smallest absolute Gasteiger partial charge is 0.416 e. The molecule has 4 aromatic rings. The van der Waals surface area contributed by atoms with Gasteiger partial charge in [0.2, 0.25) is 0 Å². The summed E-state index contributed by atoms with van der Waals surface area (Å²) in [5.74, 6) is 1.13. The molecule has 0 amide bonds. The molecule has 4 nitrogen and oxygen atoms in total. The molecule has 0 saturated heterocycles. The van der Waals surface area contributed by atoms with Crippen LogP contribution >= 0.6 is 0 Å². The van der Waals surface area contributed by atoms with Crippen LogP contribution < -0.4 is 10.1 Å². The van der Waals surface area contributed by atoms with Crippen LogP contribution in [0.25, 0.3) is 22.0 Å². The first-order valence-electron chi connectivity index (χ1n) is 9.62. The number of nitrogens with zero attached hydrogens (tertiary/aromatic N) is 2. The lowest BCUT2D eigenvalue weighted by Crippen LogP contribution is -2.06. The van der Waals surface area contributed by atoms with Gasteiger partial charge in [0.1, 0.15) is 11.4 Å². The predicted molar refractivity (Wildman–Crippen MR) is 116 cm³/mol. The SMILES string of the molecule is COc1ccc(-c2nnc(Nc3cccc(C(F)(F)F)c3)c3cc(C)c(C)cc23)cc1. The fraction of sp³-hybridized carbons (Fsp3) is 0.167. The van der Waals surface area contributed by atoms with Gasteiger partial charge in [-0.25, -0.2) is 0 Å². The van der Waals surface area contributed by atoms with Crippen LogP contribution in [-0.4, -0.2) is 17.3 Å². The van der Waals surface area contributed by atoms with Gasteiger partial charge in [-0.2, -0.15) is 13.2 Å². The predicted octanol–water partition coefficient (Wildman–Crippen LogP) is 6.68. The number of fused-ring (bicyclic) bond motifs is 1. The van der Waals surface area contributed by atoms with Gasteiger partial charge in [-0.1, -0.05) is 6.07 Å². The Labute approximate surface area is 177 Å². The molecule has 0 aliphatic carbocycles. The Balaban J connectivity index is 1.83. The van der Waals surface area contributed by atoms with Crippen molar-refractivity contribution >= 4 is 22.3 Å². The van der Waals surface area contributed by atoms with Gasteiger partial charge in [-0.05, 0) is 79.6 Å². The Morgan fingerprint density at radius 2 is 1.52 bits per heavy atom. The molecule has 0 spiro atoms. The second-order valence-corrected chi connectivity index (χ2v) is 7.31. The van der Waals surface area contributed by atoms with Gasteiger partial charge in [0.25, 0.3) is 0 Å². The molecule has 0 bridgehead atoms. The number of aromatic nitrogens is 2. The van der Waals surface area contributed by atoms with Crippen LogP contribution in [0.4, 0.5) is 24.7 Å². The van der Waals surface area contributed by atoms with Crippen molar-refractivity contribution in [3.8, 4) is 17.0 Å². The minimum Gasteiger partial charge on any atom is -0.497 e. The standard InChI is InChI=1S/C24H20F3N3O/c1-14-11-20-21(12-15(14)2)23(28-18-6-4-5-17(13-18)24(25,26)27)30-29-22(20)16-7-9-19(31-3)10-8-16/h4-13H,1-3H3,(H,28,30). The highest BCUT2D eigenvalue weighted by molar-refractivity contribution is 6.01. The zero-order valence-electron chi connectivity index (χ0n) is 17.2. The van der Waals surface area contributed by atoms with Crippen molar-refractivity contribution in [1.29, 1.82) is 0 Å². The van der Waals surface area contributed by atoms with E-state index in [2.05, 4.69) is 15.5 Å². The van der Waals surface area contributed by atoms with Crippen molar-refractivity contribution in [2.75, 3.05) is 12.4 Å². The van der Waals surface area contributed by atoms with E-state index in [4.69, 9.17) is 4.74 Å². The topological polar surface area (TPSA) is 47.0 Å². The van der Waals surface area contributed by atoms with E-state index in [-0.39, 0.29) is 0 Å². The average molecular weight is 423 g/mol. The van der Waals surface area contributed by atoms with Crippen molar-refractivity contribution in [3.63, 3.8) is 0 Å². The Bertz CT molecular complexity index is 1250. The second kappa shape index (κ2) is 7.91. The van der Waals surface area contributed by atoms with Gasteiger partial charge in [-0.15, -0.1) is 10.2 Å². The summed E-state index contributed by atoms with van der Waals surface area (Å²) < 4.78 is 44.5. The van der Waals surface area contributed by atoms with Crippen molar-refractivity contribution < 1.29 is 17.9 Å². The monoisotopic (exact) mass is 423 g/mol. The summed E-state index contributed by atoms with van der Waals surface area (Å²) in [6, 6.07) is 16.5. The number of hydrogen-bond donors (Lipinski definition) is 1. The van der Waals surface area contributed by atoms with Gasteiger partial charge in [0.05, 0.1) is 12.7 Å². The molecule has 158 valence electrons. The quantitative estimate of drug-likeness (QED) is 0.397. The third-order valence-corrected chi connectivity index (χ3v) is 5.21. The molecular weight excluding hydrogens is 403 g/mol. The number of benzene rings is 3. The Kier molecular flexibility index (Phi) is 5.27. The molecule has 0 aliphatic heterocycles. The van der Waals surface area contributed by atoms with Crippen LogP contribution in [0.15, 0.2) is 60.7 Å². The van der Waals surface area contributed by atoms with Gasteiger partial charge in [-0.3, -0.25) is 0 Å². The molecule has 0 fully saturated rings. The molecule has 1 aromatic heterocycles. The molecular formula is C24H20F3N3O. The van der Waals surface area contributed by atoms with Crippen LogP contribution in [0.2, 0.25) is 0 Å². The average Bonchev–Trinajstić information content (AvgIpc) is 2.75. The molecule has 1 N–H and O–H groups in total. The second-order valence-electron chi connectivity index (χ2n) is 7.31. The van der Waals surface area contributed by atoms with E-state index in [0.29, 0.717) is 17.2 Å². The Morgan fingerprint density at radius 3 is 2.16 bits per heavy atom. The largest absolute Gasteiger partial charge is 0.497 e. The number of nitrogens with one attached hydrogen (secondary N) is 1. The lowest BCUT2D eigenvalue weighted by Gasteiger charge is -2.14. The highest BCUT2D eigenvalue weighted by Crippen LogP contribution is 2.35. The summed E-state index contributed by atoms with van der Waals surface area (Å²) in [5, 5.41) is 13.4. The first-order chi connectivity index (χ1) is 14.8. The van der Waals surface area contributed by atoms with Crippen LogP contribution in [0.1, 0.15) is 16.7 Å². The van der Waals surface area contributed by atoms with E-state index >= 15 is 0 Å². The number of hydrogen-bond acceptors (Lipinski definition) is 4. The number of halogens is 3. The number of rotatable bonds is 4. The van der Waals surface area contributed by atoms with Crippen molar-refractivity contribution in [2.45, 2.75) is 20.0 Å². The van der Waals surface area contributed by atoms with Crippen LogP contribution in [-0.2, 0) is 6.18 Å². The molecule has 4 rings (SSSR count). The number of aryl methyl sites for hydroxylation is 2. The first kappa shape index (κ1) is 20.7. The zero-order valence-corrected chi connectivity index (χ0v) is 17.2. The maximum Gasteiger partial charge on any atom is 0.416 e. The van der Waals surface area contributed by atoms with Crippen LogP contribution in [0, 0.1) is 13.8 Å². The van der Waals surface area contributed by atoms with E-state index in [1.807, 2.05) is 50.2 Å². The minimum atomic E-state index is -4.42. The Hall–Kier alpha value is -3.61. The number of anilines is 2. The van der Waals surface area contributed by atoms with Crippen molar-refractivity contribution in [1.82, 2.24) is 10.2 Å². The van der Waals surface area contributed by atoms with Gasteiger partial charge >= 0.3 is 6.18 Å². The van der Waals surface area contributed by atoms with Crippen LogP contribution in [0.5, 0.6) is 5.75 Å². The molecule has 0 saturated carbocycles. The molecule has 0 aliphatic rings. The zero-order chi connectivity index (χ0) is 22.2. The molecule has 3 aromatic carbocycles. The van der Waals surface area contributed by atoms with Gasteiger partial charge in [0.15, 0.2) is 5.82 Å². The molecule has 0 atom stereocenters. The summed E-state index contributed by atoms with van der Waals surface area (Å²) >= 11 is 0. The van der Waals surface area contributed by atoms with Crippen molar-refractivity contribution in [3.05, 3.63) is 77.4 Å². The third kappa shape index (κ3) is 4.17. The summed E-state index contributed by atoms with van der Waals surface area (Å²) in [4.78, 5) is 0. The fourth-order valence-electron chi connectivity index (χ4n) is 3.38. The lowest BCUT2D eigenvalue weighted by atomic mass is 9.99. The molecule has 7 heteroatoms. The normalized spacial score (nSPS) is 11.5. The molecule has 31 heavy (non-hydrogen) atoms. The minimum absolute atomic E-state index is 0.292. The van der Waals surface area contributed by atoms with E-state index in [1.54, 1.807) is 13.2 Å². The summed E-state index contributed by atoms with van der Waals surface area (Å²) in [6.45, 7) is 3.99. The summed E-state index contributed by atoms with van der Waals surface area (Å²) in [7, 11) is 1.60. The number of ether oxygens (including phenoxy) is 1.